The van der Waals surface area contributed by atoms with Crippen molar-refractivity contribution >= 4 is 11.9 Å². The number of carboxylic acids is 1. The SMILES string of the molecule is CC(C)COc1ccccc1CNC(=O)c1ccc(C(=O)O)nc1. The minimum absolute atomic E-state index is 0.0982. The first-order chi connectivity index (χ1) is 11.5. The van der Waals surface area contributed by atoms with E-state index in [9.17, 15) is 9.59 Å². The highest BCUT2D eigenvalue weighted by Crippen LogP contribution is 2.18. The molecule has 2 aromatic rings. The van der Waals surface area contributed by atoms with E-state index in [1.165, 1.54) is 18.3 Å². The lowest BCUT2D eigenvalue weighted by molar-refractivity contribution is 0.0689. The molecule has 1 aromatic carbocycles. The van der Waals surface area contributed by atoms with Gasteiger partial charge in [-0.1, -0.05) is 32.0 Å². The Morgan fingerprint density at radius 1 is 1.21 bits per heavy atom. The number of amides is 1. The number of aromatic nitrogens is 1. The van der Waals surface area contributed by atoms with Crippen LogP contribution in [-0.4, -0.2) is 28.6 Å². The number of carbonyl (C=O) groups is 2. The molecule has 2 rings (SSSR count). The monoisotopic (exact) mass is 328 g/mol. The molecule has 0 unspecified atom stereocenters. The summed E-state index contributed by atoms with van der Waals surface area (Å²) in [6.07, 6.45) is 1.25. The number of nitrogens with zero attached hydrogens (tertiary/aromatic N) is 1. The first-order valence-electron chi connectivity index (χ1n) is 7.65. The summed E-state index contributed by atoms with van der Waals surface area (Å²) in [7, 11) is 0. The van der Waals surface area contributed by atoms with Gasteiger partial charge in [0, 0.05) is 18.3 Å². The van der Waals surface area contributed by atoms with Crippen molar-refractivity contribution < 1.29 is 19.4 Å². The van der Waals surface area contributed by atoms with E-state index < -0.39 is 5.97 Å². The lowest BCUT2D eigenvalue weighted by atomic mass is 10.2. The van der Waals surface area contributed by atoms with Gasteiger partial charge in [0.2, 0.25) is 0 Å². The number of para-hydroxylation sites is 1. The third kappa shape index (κ3) is 4.81. The van der Waals surface area contributed by atoms with Crippen LogP contribution in [0.15, 0.2) is 42.6 Å². The summed E-state index contributed by atoms with van der Waals surface area (Å²) in [5, 5.41) is 11.6. The van der Waals surface area contributed by atoms with E-state index in [2.05, 4.69) is 24.1 Å². The van der Waals surface area contributed by atoms with Crippen LogP contribution in [0.5, 0.6) is 5.75 Å². The molecule has 1 heterocycles. The maximum atomic E-state index is 12.1. The van der Waals surface area contributed by atoms with Crippen molar-refractivity contribution in [1.29, 1.82) is 0 Å². The first-order valence-corrected chi connectivity index (χ1v) is 7.65. The second-order valence-corrected chi connectivity index (χ2v) is 5.73. The van der Waals surface area contributed by atoms with Crippen LogP contribution in [0, 0.1) is 5.92 Å². The van der Waals surface area contributed by atoms with Gasteiger partial charge in [-0.15, -0.1) is 0 Å². The molecule has 126 valence electrons. The molecule has 1 amide bonds. The fraction of sp³-hybridized carbons (Fsp3) is 0.278. The Kier molecular flexibility index (Phi) is 5.89. The Morgan fingerprint density at radius 3 is 2.58 bits per heavy atom. The van der Waals surface area contributed by atoms with Gasteiger partial charge in [-0.25, -0.2) is 9.78 Å². The third-order valence-electron chi connectivity index (χ3n) is 3.23. The van der Waals surface area contributed by atoms with Crippen LogP contribution < -0.4 is 10.1 Å². The van der Waals surface area contributed by atoms with Crippen LogP contribution >= 0.6 is 0 Å². The van der Waals surface area contributed by atoms with Crippen LogP contribution in [0.4, 0.5) is 0 Å². The Balaban J connectivity index is 2.00. The fourth-order valence-corrected chi connectivity index (χ4v) is 1.98. The highest BCUT2D eigenvalue weighted by atomic mass is 16.5. The fourth-order valence-electron chi connectivity index (χ4n) is 1.98. The van der Waals surface area contributed by atoms with Crippen LogP contribution in [0.3, 0.4) is 0 Å². The van der Waals surface area contributed by atoms with E-state index in [0.29, 0.717) is 24.6 Å². The number of nitrogens with one attached hydrogen (secondary N) is 1. The number of ether oxygens (including phenoxy) is 1. The zero-order valence-electron chi connectivity index (χ0n) is 13.7. The minimum atomic E-state index is -1.13. The Hall–Kier alpha value is -2.89. The molecule has 0 saturated heterocycles. The van der Waals surface area contributed by atoms with Gasteiger partial charge < -0.3 is 15.2 Å². The largest absolute Gasteiger partial charge is 0.493 e. The quantitative estimate of drug-likeness (QED) is 0.816. The molecule has 2 N–H and O–H groups in total. The van der Waals surface area contributed by atoms with Gasteiger partial charge in [0.1, 0.15) is 11.4 Å². The second-order valence-electron chi connectivity index (χ2n) is 5.73. The maximum absolute atomic E-state index is 12.1. The summed E-state index contributed by atoms with van der Waals surface area (Å²) < 4.78 is 5.75. The number of hydrogen-bond donors (Lipinski definition) is 2. The molecule has 0 bridgehead atoms. The standard InChI is InChI=1S/C18H20N2O4/c1-12(2)11-24-16-6-4-3-5-13(16)9-20-17(21)14-7-8-15(18(22)23)19-10-14/h3-8,10,12H,9,11H2,1-2H3,(H,20,21)(H,22,23). The number of pyridine rings is 1. The molecule has 0 aliphatic carbocycles. The van der Waals surface area contributed by atoms with Crippen LogP contribution in [-0.2, 0) is 6.54 Å². The molecule has 0 aliphatic rings. The summed E-state index contributed by atoms with van der Waals surface area (Å²) in [5.74, 6) is -0.298. The van der Waals surface area contributed by atoms with Gasteiger partial charge in [-0.3, -0.25) is 4.79 Å². The molecular formula is C18H20N2O4. The molecule has 6 nitrogen and oxygen atoms in total. The molecule has 0 radical (unpaired) electrons. The smallest absolute Gasteiger partial charge is 0.354 e. The average molecular weight is 328 g/mol. The summed E-state index contributed by atoms with van der Waals surface area (Å²) >= 11 is 0. The average Bonchev–Trinajstić information content (AvgIpc) is 2.58. The molecule has 0 atom stereocenters. The summed E-state index contributed by atoms with van der Waals surface area (Å²) in [5.41, 5.74) is 1.08. The number of carbonyl (C=O) groups excluding carboxylic acids is 1. The molecule has 0 fully saturated rings. The van der Waals surface area contributed by atoms with Crippen molar-refractivity contribution in [2.75, 3.05) is 6.61 Å². The predicted octanol–water partition coefficient (Wildman–Crippen LogP) is 2.74. The van der Waals surface area contributed by atoms with Crippen LogP contribution in [0.1, 0.15) is 40.3 Å². The highest BCUT2D eigenvalue weighted by Gasteiger charge is 2.10. The summed E-state index contributed by atoms with van der Waals surface area (Å²) in [4.78, 5) is 26.6. The Labute approximate surface area is 140 Å². The van der Waals surface area contributed by atoms with Crippen molar-refractivity contribution in [2.45, 2.75) is 20.4 Å². The van der Waals surface area contributed by atoms with E-state index in [1.54, 1.807) is 0 Å². The van der Waals surface area contributed by atoms with Crippen molar-refractivity contribution in [3.8, 4) is 5.75 Å². The lowest BCUT2D eigenvalue weighted by Crippen LogP contribution is -2.23. The van der Waals surface area contributed by atoms with E-state index >= 15 is 0 Å². The summed E-state index contributed by atoms with van der Waals surface area (Å²) in [6, 6.07) is 10.3. The molecular weight excluding hydrogens is 308 g/mol. The third-order valence-corrected chi connectivity index (χ3v) is 3.23. The van der Waals surface area contributed by atoms with Crippen LogP contribution in [0.2, 0.25) is 0 Å². The molecule has 0 spiro atoms. The highest BCUT2D eigenvalue weighted by molar-refractivity contribution is 5.94. The first kappa shape index (κ1) is 17.5. The lowest BCUT2D eigenvalue weighted by Gasteiger charge is -2.13. The normalized spacial score (nSPS) is 10.5. The second kappa shape index (κ2) is 8.10. The van der Waals surface area contributed by atoms with Crippen molar-refractivity contribution in [2.24, 2.45) is 5.92 Å². The van der Waals surface area contributed by atoms with Crippen LogP contribution in [0.25, 0.3) is 0 Å². The molecule has 6 heteroatoms. The van der Waals surface area contributed by atoms with Gasteiger partial charge in [0.25, 0.3) is 5.91 Å². The number of aromatic carboxylic acids is 1. The topological polar surface area (TPSA) is 88.5 Å². The number of benzene rings is 1. The molecule has 24 heavy (non-hydrogen) atoms. The van der Waals surface area contributed by atoms with E-state index in [1.807, 2.05) is 24.3 Å². The summed E-state index contributed by atoms with van der Waals surface area (Å²) in [6.45, 7) is 5.05. The Bertz CT molecular complexity index is 711. The number of carboxylic acid groups (broad SMARTS) is 1. The maximum Gasteiger partial charge on any atom is 0.354 e. The van der Waals surface area contributed by atoms with E-state index in [4.69, 9.17) is 9.84 Å². The van der Waals surface area contributed by atoms with Gasteiger partial charge in [0.15, 0.2) is 0 Å². The van der Waals surface area contributed by atoms with Gasteiger partial charge >= 0.3 is 5.97 Å². The molecule has 0 aliphatic heterocycles. The zero-order valence-corrected chi connectivity index (χ0v) is 13.7. The van der Waals surface area contributed by atoms with Crippen molar-refractivity contribution in [1.82, 2.24) is 10.3 Å². The van der Waals surface area contributed by atoms with Gasteiger partial charge in [0.05, 0.1) is 12.2 Å². The van der Waals surface area contributed by atoms with Crippen molar-refractivity contribution in [3.05, 3.63) is 59.4 Å². The van der Waals surface area contributed by atoms with Gasteiger partial charge in [-0.05, 0) is 24.1 Å². The number of hydrogen-bond acceptors (Lipinski definition) is 4. The zero-order chi connectivity index (χ0) is 17.5. The van der Waals surface area contributed by atoms with E-state index in [-0.39, 0.29) is 11.6 Å². The molecule has 1 aromatic heterocycles. The Morgan fingerprint density at radius 2 is 1.96 bits per heavy atom. The molecule has 0 saturated carbocycles. The van der Waals surface area contributed by atoms with Gasteiger partial charge in [-0.2, -0.15) is 0 Å². The number of rotatable bonds is 7. The van der Waals surface area contributed by atoms with Crippen molar-refractivity contribution in [3.63, 3.8) is 0 Å². The predicted molar refractivity (Wildman–Crippen MR) is 89.1 cm³/mol. The minimum Gasteiger partial charge on any atom is -0.493 e. The van der Waals surface area contributed by atoms with E-state index in [0.717, 1.165) is 11.3 Å².